The zero-order valence-corrected chi connectivity index (χ0v) is 13.8. The summed E-state index contributed by atoms with van der Waals surface area (Å²) in [6, 6.07) is 0.0137. The van der Waals surface area contributed by atoms with Gasteiger partial charge in [-0.3, -0.25) is 4.68 Å². The number of hydrogen-bond acceptors (Lipinski definition) is 3. The van der Waals surface area contributed by atoms with Crippen LogP contribution in [0.1, 0.15) is 44.3 Å². The van der Waals surface area contributed by atoms with Crippen LogP contribution in [0.15, 0.2) is 24.0 Å². The first-order chi connectivity index (χ1) is 11.3. The van der Waals surface area contributed by atoms with Crippen molar-refractivity contribution >= 4 is 6.03 Å². The number of aromatic nitrogens is 2. The van der Waals surface area contributed by atoms with Crippen LogP contribution in [-0.2, 0) is 11.3 Å². The second-order valence-corrected chi connectivity index (χ2v) is 6.17. The molecule has 6 nitrogen and oxygen atoms in total. The largest absolute Gasteiger partial charge is 0.370 e. The molecule has 1 unspecified atom stereocenters. The highest BCUT2D eigenvalue weighted by Gasteiger charge is 2.26. The molecule has 6 heteroatoms. The second-order valence-electron chi connectivity index (χ2n) is 6.17. The van der Waals surface area contributed by atoms with Crippen molar-refractivity contribution < 1.29 is 9.53 Å². The molecule has 2 amide bonds. The topological polar surface area (TPSA) is 59.4 Å². The first-order valence-electron chi connectivity index (χ1n) is 8.61. The third kappa shape index (κ3) is 4.13. The van der Waals surface area contributed by atoms with Crippen molar-refractivity contribution in [2.75, 3.05) is 26.2 Å². The average molecular weight is 318 g/mol. The van der Waals surface area contributed by atoms with Crippen LogP contribution < -0.4 is 5.32 Å². The van der Waals surface area contributed by atoms with Gasteiger partial charge in [0.15, 0.2) is 0 Å². The minimum absolute atomic E-state index is 0.0137. The van der Waals surface area contributed by atoms with Gasteiger partial charge in [0.1, 0.15) is 6.10 Å². The van der Waals surface area contributed by atoms with E-state index in [-0.39, 0.29) is 12.1 Å². The number of allylic oxidation sites excluding steroid dienone is 1. The molecule has 2 heterocycles. The Labute approximate surface area is 137 Å². The van der Waals surface area contributed by atoms with Crippen LogP contribution in [0.3, 0.4) is 0 Å². The van der Waals surface area contributed by atoms with Crippen molar-refractivity contribution in [2.45, 2.75) is 45.3 Å². The lowest BCUT2D eigenvalue weighted by Crippen LogP contribution is -2.47. The Balaban J connectivity index is 1.48. The SMILES string of the molecule is CCn1cc(C2CN(C(=O)NCCC3=CCCC3)CCO2)cn1. The molecule has 3 rings (SSSR count). The van der Waals surface area contributed by atoms with Gasteiger partial charge in [-0.25, -0.2) is 4.79 Å². The number of amides is 2. The van der Waals surface area contributed by atoms with E-state index in [0.29, 0.717) is 19.7 Å². The molecule has 0 radical (unpaired) electrons. The van der Waals surface area contributed by atoms with Gasteiger partial charge < -0.3 is 15.0 Å². The van der Waals surface area contributed by atoms with Crippen molar-refractivity contribution in [1.82, 2.24) is 20.0 Å². The molecule has 23 heavy (non-hydrogen) atoms. The molecular weight excluding hydrogens is 292 g/mol. The Morgan fingerprint density at radius 3 is 3.17 bits per heavy atom. The van der Waals surface area contributed by atoms with Gasteiger partial charge in [-0.15, -0.1) is 0 Å². The monoisotopic (exact) mass is 318 g/mol. The summed E-state index contributed by atoms with van der Waals surface area (Å²) in [5.41, 5.74) is 2.53. The molecule has 0 spiro atoms. The van der Waals surface area contributed by atoms with Crippen LogP contribution in [0.4, 0.5) is 4.79 Å². The minimum Gasteiger partial charge on any atom is -0.370 e. The Hall–Kier alpha value is -1.82. The Bertz CT molecular complexity index is 567. The van der Waals surface area contributed by atoms with E-state index in [1.165, 1.54) is 24.8 Å². The quantitative estimate of drug-likeness (QED) is 0.849. The van der Waals surface area contributed by atoms with Crippen LogP contribution in [-0.4, -0.2) is 47.0 Å². The number of carbonyl (C=O) groups is 1. The maximum absolute atomic E-state index is 12.3. The molecule has 1 aliphatic carbocycles. The van der Waals surface area contributed by atoms with Crippen molar-refractivity contribution in [3.05, 3.63) is 29.6 Å². The zero-order chi connectivity index (χ0) is 16.1. The predicted molar refractivity (Wildman–Crippen MR) is 88.1 cm³/mol. The summed E-state index contributed by atoms with van der Waals surface area (Å²) < 4.78 is 7.69. The predicted octanol–water partition coefficient (Wildman–Crippen LogP) is 2.49. The number of hydrogen-bond donors (Lipinski definition) is 1. The molecule has 1 atom stereocenters. The number of rotatable bonds is 5. The summed E-state index contributed by atoms with van der Waals surface area (Å²) in [4.78, 5) is 14.2. The molecule has 126 valence electrons. The van der Waals surface area contributed by atoms with Crippen molar-refractivity contribution in [3.63, 3.8) is 0 Å². The van der Waals surface area contributed by atoms with Gasteiger partial charge in [0.2, 0.25) is 0 Å². The normalized spacial score (nSPS) is 21.3. The maximum atomic E-state index is 12.3. The highest BCUT2D eigenvalue weighted by atomic mass is 16.5. The molecular formula is C17H26N4O2. The van der Waals surface area contributed by atoms with E-state index < -0.39 is 0 Å². The van der Waals surface area contributed by atoms with E-state index in [1.54, 1.807) is 0 Å². The van der Waals surface area contributed by atoms with E-state index in [0.717, 1.165) is 25.1 Å². The number of aryl methyl sites for hydroxylation is 1. The highest BCUT2D eigenvalue weighted by Crippen LogP contribution is 2.22. The van der Waals surface area contributed by atoms with E-state index in [4.69, 9.17) is 4.74 Å². The molecule has 1 saturated heterocycles. The summed E-state index contributed by atoms with van der Waals surface area (Å²) in [6.07, 6.45) is 10.7. The fourth-order valence-corrected chi connectivity index (χ4v) is 3.16. The van der Waals surface area contributed by atoms with E-state index >= 15 is 0 Å². The summed E-state index contributed by atoms with van der Waals surface area (Å²) in [5, 5.41) is 7.32. The Morgan fingerprint density at radius 2 is 2.43 bits per heavy atom. The molecule has 0 aromatic carbocycles. The third-order valence-electron chi connectivity index (χ3n) is 4.56. The van der Waals surface area contributed by atoms with Crippen molar-refractivity contribution in [1.29, 1.82) is 0 Å². The van der Waals surface area contributed by atoms with Gasteiger partial charge in [-0.05, 0) is 32.6 Å². The summed E-state index contributed by atoms with van der Waals surface area (Å²) in [7, 11) is 0. The van der Waals surface area contributed by atoms with Crippen LogP contribution in [0, 0.1) is 0 Å². The molecule has 2 aliphatic rings. The van der Waals surface area contributed by atoms with E-state index in [9.17, 15) is 4.79 Å². The molecule has 0 bridgehead atoms. The van der Waals surface area contributed by atoms with Crippen LogP contribution in [0.2, 0.25) is 0 Å². The molecule has 1 aromatic heterocycles. The van der Waals surface area contributed by atoms with E-state index in [1.807, 2.05) is 22.0 Å². The van der Waals surface area contributed by atoms with Gasteiger partial charge in [0.05, 0.1) is 19.3 Å². The number of ether oxygens (including phenoxy) is 1. The zero-order valence-electron chi connectivity index (χ0n) is 13.8. The summed E-state index contributed by atoms with van der Waals surface area (Å²) >= 11 is 0. The second kappa shape index (κ2) is 7.64. The lowest BCUT2D eigenvalue weighted by Gasteiger charge is -2.32. The first kappa shape index (κ1) is 16.1. The lowest BCUT2D eigenvalue weighted by atomic mass is 10.1. The van der Waals surface area contributed by atoms with Gasteiger partial charge >= 0.3 is 6.03 Å². The fourth-order valence-electron chi connectivity index (χ4n) is 3.16. The minimum atomic E-state index is -0.0765. The lowest BCUT2D eigenvalue weighted by molar-refractivity contribution is -0.0154. The van der Waals surface area contributed by atoms with Crippen LogP contribution in [0.25, 0.3) is 0 Å². The van der Waals surface area contributed by atoms with Crippen molar-refractivity contribution in [2.24, 2.45) is 0 Å². The third-order valence-corrected chi connectivity index (χ3v) is 4.56. The van der Waals surface area contributed by atoms with Gasteiger partial charge in [0, 0.05) is 31.4 Å². The molecule has 0 saturated carbocycles. The molecule has 1 N–H and O–H groups in total. The first-order valence-corrected chi connectivity index (χ1v) is 8.61. The summed E-state index contributed by atoms with van der Waals surface area (Å²) in [5.74, 6) is 0. The highest BCUT2D eigenvalue weighted by molar-refractivity contribution is 5.74. The molecule has 1 aromatic rings. The molecule has 1 aliphatic heterocycles. The van der Waals surface area contributed by atoms with Crippen LogP contribution in [0.5, 0.6) is 0 Å². The number of morpholine rings is 1. The molecule has 1 fully saturated rings. The van der Waals surface area contributed by atoms with Gasteiger partial charge in [-0.2, -0.15) is 5.10 Å². The maximum Gasteiger partial charge on any atom is 0.317 e. The van der Waals surface area contributed by atoms with Gasteiger partial charge in [0.25, 0.3) is 0 Å². The number of nitrogens with one attached hydrogen (secondary N) is 1. The standard InChI is InChI=1S/C17H26N4O2/c1-2-21-12-15(11-19-21)16-13-20(9-10-23-16)17(22)18-8-7-14-5-3-4-6-14/h5,11-12,16H,2-4,6-10,13H2,1H3,(H,18,22). The number of carbonyl (C=O) groups excluding carboxylic acids is 1. The summed E-state index contributed by atoms with van der Waals surface area (Å²) in [6.45, 7) is 5.42. The Kier molecular flexibility index (Phi) is 5.33. The number of urea groups is 1. The van der Waals surface area contributed by atoms with Gasteiger partial charge in [-0.1, -0.05) is 11.6 Å². The Morgan fingerprint density at radius 1 is 1.52 bits per heavy atom. The number of nitrogens with zero attached hydrogens (tertiary/aromatic N) is 3. The smallest absolute Gasteiger partial charge is 0.317 e. The van der Waals surface area contributed by atoms with Crippen molar-refractivity contribution in [3.8, 4) is 0 Å². The fraction of sp³-hybridized carbons (Fsp3) is 0.647. The average Bonchev–Trinajstić information content (AvgIpc) is 3.26. The van der Waals surface area contributed by atoms with E-state index in [2.05, 4.69) is 23.4 Å². The van der Waals surface area contributed by atoms with Crippen LogP contribution >= 0.6 is 0 Å².